The normalized spacial score (nSPS) is 10.9. The van der Waals surface area contributed by atoms with Crippen molar-refractivity contribution >= 4 is 82.5 Å². The number of carbonyl (C=O) groups excluding carboxylic acids is 6. The number of carbonyl (C=O) groups is 14. The number of rotatable bonds is 20. The van der Waals surface area contributed by atoms with E-state index in [0.717, 1.165) is 0 Å². The van der Waals surface area contributed by atoms with Gasteiger partial charge in [-0.05, 0) is 92.2 Å². The summed E-state index contributed by atoms with van der Waals surface area (Å²) in [5, 5.41) is 67.0. The fraction of sp³-hybridized carbons (Fsp3) is 0.545. The van der Waals surface area contributed by atoms with Gasteiger partial charge in [0.1, 0.15) is 70.2 Å². The molecule has 4 radical (unpaired) electrons. The molecule has 0 aliphatic carbocycles. The van der Waals surface area contributed by atoms with Crippen LogP contribution in [-0.2, 0) is 126 Å². The minimum absolute atomic E-state index is 0. The number of hydrogen-bond donors (Lipinski definition) is 12. The van der Waals surface area contributed by atoms with E-state index in [-0.39, 0.29) is 114 Å². The van der Waals surface area contributed by atoms with Gasteiger partial charge in [0, 0.05) is 68.3 Å². The van der Waals surface area contributed by atoms with Crippen LogP contribution in [0, 0.1) is 35.5 Å². The predicted octanol–water partition coefficient (Wildman–Crippen LogP) is 2.83. The third-order valence-electron chi connectivity index (χ3n) is 8.57. The van der Waals surface area contributed by atoms with E-state index in [0.29, 0.717) is 38.5 Å². The van der Waals surface area contributed by atoms with Crippen molar-refractivity contribution in [3.05, 3.63) is 35.4 Å². The summed E-state index contributed by atoms with van der Waals surface area (Å²) >= 11 is 0. The van der Waals surface area contributed by atoms with Crippen LogP contribution < -0.4 is 23.4 Å². The number of aromatic carboxylic acids is 2. The van der Waals surface area contributed by atoms with Gasteiger partial charge in [0.2, 0.25) is 0 Å². The Bertz CT molecular complexity index is 1490. The van der Waals surface area contributed by atoms with Gasteiger partial charge in [-0.1, -0.05) is 53.7 Å². The van der Waals surface area contributed by atoms with Crippen LogP contribution in [0.15, 0.2) is 24.3 Å². The first-order chi connectivity index (χ1) is 32.2. The molecule has 0 aliphatic heterocycles. The molecule has 0 amide bonds. The fourth-order valence-electron chi connectivity index (χ4n) is 4.67. The van der Waals surface area contributed by atoms with Crippen molar-refractivity contribution in [2.24, 2.45) is 58.9 Å². The maximum absolute atomic E-state index is 10.5. The summed E-state index contributed by atoms with van der Waals surface area (Å²) in [5.74, 6) is 0.959. The van der Waals surface area contributed by atoms with Gasteiger partial charge >= 0.3 is 47.8 Å². The van der Waals surface area contributed by atoms with Crippen molar-refractivity contribution in [2.75, 3.05) is 0 Å². The number of aliphatic carboxylic acids is 6. The maximum Gasteiger partial charge on any atom is 0.336 e. The molecule has 1 aromatic carbocycles. The van der Waals surface area contributed by atoms with Crippen molar-refractivity contribution in [3.8, 4) is 0 Å². The Hall–Kier alpha value is -5.08. The van der Waals surface area contributed by atoms with Gasteiger partial charge in [-0.2, -0.15) is 0 Å². The van der Waals surface area contributed by atoms with Gasteiger partial charge in [-0.15, -0.1) is 0 Å². The largest absolute Gasteiger partial charge is 0.481 e. The second-order valence-corrected chi connectivity index (χ2v) is 13.6. The first kappa shape index (κ1) is 98.1. The molecule has 0 bridgehead atoms. The molecule has 0 saturated heterocycles. The quantitative estimate of drug-likeness (QED) is 0.0386. The Balaban J connectivity index is -0.0000000595. The zero-order chi connectivity index (χ0) is 57.8. The summed E-state index contributed by atoms with van der Waals surface area (Å²) in [7, 11) is 0. The number of hydrazine groups is 2. The summed E-state index contributed by atoms with van der Waals surface area (Å²) in [4.78, 5) is 144. The molecule has 0 spiro atoms. The number of carboxylic acid groups (broad SMARTS) is 8. The smallest absolute Gasteiger partial charge is 0.336 e. The average Bonchev–Trinajstić information content (AvgIpc) is 3.23. The summed E-state index contributed by atoms with van der Waals surface area (Å²) in [6, 6.07) is 5.48. The topological polar surface area (TPSA) is 505 Å². The van der Waals surface area contributed by atoms with Gasteiger partial charge in [-0.3, -0.25) is 80.9 Å². The zero-order valence-electron chi connectivity index (χ0n) is 42.8. The predicted molar refractivity (Wildman–Crippen MR) is 250 cm³/mol. The van der Waals surface area contributed by atoms with Crippen molar-refractivity contribution < 1.29 is 176 Å². The van der Waals surface area contributed by atoms with Crippen molar-refractivity contribution in [3.63, 3.8) is 0 Å². The molecule has 0 saturated carbocycles. The summed E-state index contributed by atoms with van der Waals surface area (Å²) in [5.41, 5.74) is -0.380. The Morgan fingerprint density at radius 1 is 0.311 bits per heavy atom. The fourth-order valence-corrected chi connectivity index (χ4v) is 4.67. The molecule has 0 aliphatic rings. The molecular formula is C44H74Cu4N4O22. The molecule has 0 fully saturated rings. The number of ketones is 6. The van der Waals surface area contributed by atoms with Gasteiger partial charge < -0.3 is 40.9 Å². The second-order valence-electron chi connectivity index (χ2n) is 13.6. The maximum atomic E-state index is 10.5. The van der Waals surface area contributed by atoms with E-state index in [1.54, 1.807) is 41.5 Å². The number of nitrogens with two attached hydrogens (primary N) is 4. The third kappa shape index (κ3) is 53.2. The van der Waals surface area contributed by atoms with E-state index in [2.05, 4.69) is 23.4 Å². The SMILES string of the molecule is CCC(C(C)=O)C(=O)O.CCC(C(C)=O)C(=O)O.CCC(C(C)=O)C(=O)O.CCC(C(C)=O)C(=O)O.CCC(C(C)=O)C(=O)O.CCC(C(C)=O)C(=O)O.NN.NN.O=C(O)c1ccccc1C(=O)O.[Cu].[Cu].[Cu].[Cu]. The average molecular weight is 1270 g/mol. The van der Waals surface area contributed by atoms with Gasteiger partial charge in [-0.25, -0.2) is 9.59 Å². The van der Waals surface area contributed by atoms with E-state index in [4.69, 9.17) is 40.9 Å². The van der Waals surface area contributed by atoms with Crippen molar-refractivity contribution in [1.29, 1.82) is 0 Å². The number of hydrogen-bond acceptors (Lipinski definition) is 18. The van der Waals surface area contributed by atoms with Crippen LogP contribution in [0.5, 0.6) is 0 Å². The molecule has 30 heteroatoms. The monoisotopic (exact) mass is 1260 g/mol. The summed E-state index contributed by atoms with van der Waals surface area (Å²) < 4.78 is 0. The Labute approximate surface area is 472 Å². The zero-order valence-corrected chi connectivity index (χ0v) is 46.6. The minimum atomic E-state index is -1.23. The second kappa shape index (κ2) is 60.5. The van der Waals surface area contributed by atoms with E-state index < -0.39 is 83.3 Å². The van der Waals surface area contributed by atoms with E-state index >= 15 is 0 Å². The first-order valence-electron chi connectivity index (χ1n) is 20.8. The molecule has 16 N–H and O–H groups in total. The van der Waals surface area contributed by atoms with Crippen LogP contribution in [0.4, 0.5) is 0 Å². The molecule has 1 aromatic rings. The Kier molecular flexibility index (Phi) is 80.2. The molecule has 6 unspecified atom stereocenters. The molecule has 0 heterocycles. The molecule has 0 aromatic heterocycles. The van der Waals surface area contributed by atoms with Crippen LogP contribution >= 0.6 is 0 Å². The number of benzene rings is 1. The van der Waals surface area contributed by atoms with E-state index in [1.807, 2.05) is 0 Å². The Morgan fingerprint density at radius 3 is 0.459 bits per heavy atom. The van der Waals surface area contributed by atoms with Crippen LogP contribution in [0.3, 0.4) is 0 Å². The van der Waals surface area contributed by atoms with Crippen molar-refractivity contribution in [1.82, 2.24) is 0 Å². The molecule has 446 valence electrons. The van der Waals surface area contributed by atoms with Crippen LogP contribution in [0.25, 0.3) is 0 Å². The standard InChI is InChI=1S/C8H6O4.6C6H10O3.4Cu.2H4N2/c9-7(10)5-3-1-2-4-6(5)8(11)12;6*1-3-5(4(2)7)6(8)9;;;;;2*1-2/h1-4H,(H,9,10)(H,11,12);6*5H,3H2,1-2H3,(H,8,9);;;;;2*1-2H2. The van der Waals surface area contributed by atoms with Gasteiger partial charge in [0.15, 0.2) is 0 Å². The number of carboxylic acids is 8. The summed E-state index contributed by atoms with van der Waals surface area (Å²) in [6.45, 7) is 17.8. The third-order valence-corrected chi connectivity index (χ3v) is 8.57. The van der Waals surface area contributed by atoms with Crippen LogP contribution in [0.2, 0.25) is 0 Å². The minimum Gasteiger partial charge on any atom is -0.481 e. The number of Topliss-reactive ketones (excluding diaryl/α,β-unsaturated/α-hetero) is 6. The molecule has 74 heavy (non-hydrogen) atoms. The van der Waals surface area contributed by atoms with E-state index in [9.17, 15) is 67.1 Å². The molecule has 1 rings (SSSR count). The first-order valence-corrected chi connectivity index (χ1v) is 20.8. The Morgan fingerprint density at radius 2 is 0.419 bits per heavy atom. The van der Waals surface area contributed by atoms with Gasteiger partial charge in [0.25, 0.3) is 0 Å². The molecule has 26 nitrogen and oxygen atoms in total. The molecule has 6 atom stereocenters. The van der Waals surface area contributed by atoms with Crippen molar-refractivity contribution in [2.45, 2.75) is 122 Å². The van der Waals surface area contributed by atoms with Crippen LogP contribution in [0.1, 0.15) is 142 Å². The summed E-state index contributed by atoms with van der Waals surface area (Å²) in [6.07, 6.45) is 2.28. The van der Waals surface area contributed by atoms with Crippen LogP contribution in [-0.4, -0.2) is 123 Å². The van der Waals surface area contributed by atoms with E-state index in [1.165, 1.54) is 65.8 Å². The van der Waals surface area contributed by atoms with Gasteiger partial charge in [0.05, 0.1) is 11.1 Å². The molecular weight excluding hydrogens is 1190 g/mol.